The molecule has 1 fully saturated rings. The third-order valence-corrected chi connectivity index (χ3v) is 5.33. The Labute approximate surface area is 170 Å². The molecule has 0 aliphatic carbocycles. The van der Waals surface area contributed by atoms with E-state index >= 15 is 0 Å². The summed E-state index contributed by atoms with van der Waals surface area (Å²) in [6.07, 6.45) is 2.50. The average molecular weight is 394 g/mol. The molecule has 2 aliphatic rings. The summed E-state index contributed by atoms with van der Waals surface area (Å²) in [6.45, 7) is 5.64. The lowest BCUT2D eigenvalue weighted by Gasteiger charge is -2.16. The van der Waals surface area contributed by atoms with Gasteiger partial charge in [0.05, 0.1) is 6.61 Å². The fourth-order valence-electron chi connectivity index (χ4n) is 3.90. The van der Waals surface area contributed by atoms with Crippen LogP contribution >= 0.6 is 0 Å². The molecule has 0 bridgehead atoms. The van der Waals surface area contributed by atoms with Crippen LogP contribution in [-0.4, -0.2) is 31.1 Å². The van der Waals surface area contributed by atoms with Crippen LogP contribution in [0, 0.1) is 0 Å². The Hall–Kier alpha value is -3.02. The minimum Gasteiger partial charge on any atom is -0.494 e. The number of hydrogen-bond acceptors (Lipinski definition) is 4. The molecule has 2 amide bonds. The maximum atomic E-state index is 12.6. The minimum absolute atomic E-state index is 0.138. The molecular formula is C23H26N2O4. The minimum atomic E-state index is -0.165. The highest BCUT2D eigenvalue weighted by Crippen LogP contribution is 2.35. The van der Waals surface area contributed by atoms with Crippen LogP contribution in [0.2, 0.25) is 0 Å². The van der Waals surface area contributed by atoms with Crippen LogP contribution in [0.3, 0.4) is 0 Å². The average Bonchev–Trinajstić information content (AvgIpc) is 3.30. The highest BCUT2D eigenvalue weighted by Gasteiger charge is 2.23. The van der Waals surface area contributed by atoms with E-state index < -0.39 is 0 Å². The Balaban J connectivity index is 1.44. The predicted octanol–water partition coefficient (Wildman–Crippen LogP) is 3.47. The van der Waals surface area contributed by atoms with Crippen molar-refractivity contribution < 1.29 is 19.1 Å². The number of amides is 2. The highest BCUT2D eigenvalue weighted by molar-refractivity contribution is 5.97. The fraction of sp³-hybridized carbons (Fsp3) is 0.391. The molecule has 6 heteroatoms. The molecule has 1 saturated heterocycles. The van der Waals surface area contributed by atoms with Crippen molar-refractivity contribution in [2.45, 2.75) is 45.8 Å². The molecule has 2 heterocycles. The summed E-state index contributed by atoms with van der Waals surface area (Å²) in [6, 6.07) is 11.2. The zero-order valence-electron chi connectivity index (χ0n) is 16.9. The lowest BCUT2D eigenvalue weighted by Crippen LogP contribution is -2.25. The van der Waals surface area contributed by atoms with Crippen molar-refractivity contribution >= 4 is 17.5 Å². The van der Waals surface area contributed by atoms with Crippen molar-refractivity contribution in [2.75, 3.05) is 18.1 Å². The molecular weight excluding hydrogens is 368 g/mol. The van der Waals surface area contributed by atoms with E-state index in [0.29, 0.717) is 25.1 Å². The topological polar surface area (TPSA) is 67.9 Å². The maximum absolute atomic E-state index is 12.6. The van der Waals surface area contributed by atoms with Crippen LogP contribution in [0.1, 0.15) is 48.2 Å². The Morgan fingerprint density at radius 1 is 1.28 bits per heavy atom. The number of rotatable bonds is 6. The number of ether oxygens (including phenoxy) is 2. The first kappa shape index (κ1) is 19.3. The summed E-state index contributed by atoms with van der Waals surface area (Å²) in [5, 5.41) is 2.96. The van der Waals surface area contributed by atoms with Gasteiger partial charge in [-0.1, -0.05) is 0 Å². The van der Waals surface area contributed by atoms with Crippen molar-refractivity contribution in [3.63, 3.8) is 0 Å². The molecule has 2 aromatic rings. The van der Waals surface area contributed by atoms with Gasteiger partial charge < -0.3 is 19.7 Å². The first-order valence-corrected chi connectivity index (χ1v) is 10.2. The van der Waals surface area contributed by atoms with Crippen LogP contribution in [0.15, 0.2) is 36.4 Å². The van der Waals surface area contributed by atoms with Crippen LogP contribution < -0.4 is 19.7 Å². The van der Waals surface area contributed by atoms with E-state index in [0.717, 1.165) is 47.7 Å². The van der Waals surface area contributed by atoms with E-state index in [2.05, 4.69) is 5.32 Å². The second-order valence-corrected chi connectivity index (χ2v) is 7.51. The predicted molar refractivity (Wildman–Crippen MR) is 111 cm³/mol. The van der Waals surface area contributed by atoms with Crippen LogP contribution in [0.5, 0.6) is 11.5 Å². The van der Waals surface area contributed by atoms with E-state index in [-0.39, 0.29) is 17.9 Å². The molecule has 1 N–H and O–H groups in total. The number of anilines is 1. The lowest BCUT2D eigenvalue weighted by molar-refractivity contribution is -0.117. The van der Waals surface area contributed by atoms with Crippen molar-refractivity contribution in [3.8, 4) is 11.5 Å². The third kappa shape index (κ3) is 4.06. The summed E-state index contributed by atoms with van der Waals surface area (Å²) < 4.78 is 11.6. The number of nitrogens with one attached hydrogen (secondary N) is 1. The number of fused-ring (bicyclic) bond motifs is 1. The normalized spacial score (nSPS) is 17.8. The second-order valence-electron chi connectivity index (χ2n) is 7.51. The molecule has 152 valence electrons. The van der Waals surface area contributed by atoms with Crippen molar-refractivity contribution in [1.29, 1.82) is 0 Å². The molecule has 0 spiro atoms. The van der Waals surface area contributed by atoms with Crippen LogP contribution in [0.4, 0.5) is 5.69 Å². The third-order valence-electron chi connectivity index (χ3n) is 5.33. The van der Waals surface area contributed by atoms with E-state index in [1.165, 1.54) is 0 Å². The first-order chi connectivity index (χ1) is 14.0. The molecule has 0 aromatic heterocycles. The van der Waals surface area contributed by atoms with Gasteiger partial charge in [-0.05, 0) is 56.7 Å². The number of carbonyl (C=O) groups is 2. The van der Waals surface area contributed by atoms with Gasteiger partial charge in [0.1, 0.15) is 17.6 Å². The molecule has 1 atom stereocenters. The lowest BCUT2D eigenvalue weighted by atomic mass is 10.1. The summed E-state index contributed by atoms with van der Waals surface area (Å²) in [5.74, 6) is 1.62. The van der Waals surface area contributed by atoms with E-state index in [1.54, 1.807) is 17.0 Å². The molecule has 4 rings (SSSR count). The summed E-state index contributed by atoms with van der Waals surface area (Å²) in [4.78, 5) is 26.2. The molecule has 2 aliphatic heterocycles. The van der Waals surface area contributed by atoms with Crippen LogP contribution in [0.25, 0.3) is 0 Å². The number of hydrogen-bond donors (Lipinski definition) is 1. The molecule has 6 nitrogen and oxygen atoms in total. The zero-order valence-corrected chi connectivity index (χ0v) is 16.9. The van der Waals surface area contributed by atoms with Crippen molar-refractivity contribution in [3.05, 3.63) is 53.1 Å². The fourth-order valence-corrected chi connectivity index (χ4v) is 3.90. The van der Waals surface area contributed by atoms with Gasteiger partial charge in [-0.2, -0.15) is 0 Å². The zero-order chi connectivity index (χ0) is 20.4. The van der Waals surface area contributed by atoms with Crippen molar-refractivity contribution in [1.82, 2.24) is 5.32 Å². The molecule has 0 unspecified atom stereocenters. The van der Waals surface area contributed by atoms with Gasteiger partial charge in [-0.25, -0.2) is 0 Å². The van der Waals surface area contributed by atoms with Gasteiger partial charge in [-0.3, -0.25) is 9.59 Å². The van der Waals surface area contributed by atoms with Crippen molar-refractivity contribution in [2.24, 2.45) is 0 Å². The van der Waals surface area contributed by atoms with E-state index in [4.69, 9.17) is 9.47 Å². The van der Waals surface area contributed by atoms with Gasteiger partial charge in [0.15, 0.2) is 0 Å². The summed E-state index contributed by atoms with van der Waals surface area (Å²) in [7, 11) is 0. The number of nitrogens with zero attached hydrogens (tertiary/aromatic N) is 1. The molecule has 0 radical (unpaired) electrons. The maximum Gasteiger partial charge on any atom is 0.251 e. The van der Waals surface area contributed by atoms with Gasteiger partial charge >= 0.3 is 0 Å². The quantitative estimate of drug-likeness (QED) is 0.815. The second kappa shape index (κ2) is 8.15. The monoisotopic (exact) mass is 394 g/mol. The number of carbonyl (C=O) groups excluding carboxylic acids is 2. The van der Waals surface area contributed by atoms with Gasteiger partial charge in [0, 0.05) is 48.3 Å². The van der Waals surface area contributed by atoms with E-state index in [1.807, 2.05) is 38.1 Å². The van der Waals surface area contributed by atoms with Gasteiger partial charge in [0.2, 0.25) is 5.91 Å². The molecule has 29 heavy (non-hydrogen) atoms. The van der Waals surface area contributed by atoms with Gasteiger partial charge in [0.25, 0.3) is 5.91 Å². The Bertz CT molecular complexity index is 923. The molecule has 2 aromatic carbocycles. The Morgan fingerprint density at radius 3 is 2.76 bits per heavy atom. The molecule has 0 saturated carbocycles. The summed E-state index contributed by atoms with van der Waals surface area (Å²) >= 11 is 0. The Morgan fingerprint density at radius 2 is 2.07 bits per heavy atom. The standard InChI is InChI=1S/C23H26N2O4/c1-3-28-20-12-17-11-15(2)29-21(17)13-18(20)14-24-23(27)16-6-8-19(9-7-16)25-10-4-5-22(25)26/h6-9,12-13,15H,3-5,10-11,14H2,1-2H3,(H,24,27)/t15-/m1/s1. The Kier molecular flexibility index (Phi) is 5.43. The number of benzene rings is 2. The SMILES string of the molecule is CCOc1cc2c(cc1CNC(=O)c1ccc(N3CCCC3=O)cc1)O[C@H](C)C2. The van der Waals surface area contributed by atoms with Crippen LogP contribution in [-0.2, 0) is 17.8 Å². The van der Waals surface area contributed by atoms with Gasteiger partial charge in [-0.15, -0.1) is 0 Å². The van der Waals surface area contributed by atoms with E-state index in [9.17, 15) is 9.59 Å². The smallest absolute Gasteiger partial charge is 0.251 e. The first-order valence-electron chi connectivity index (χ1n) is 10.2. The summed E-state index contributed by atoms with van der Waals surface area (Å²) in [5.41, 5.74) is 3.44. The highest BCUT2D eigenvalue weighted by atomic mass is 16.5. The largest absolute Gasteiger partial charge is 0.494 e.